The molecule has 0 aliphatic carbocycles. The Morgan fingerprint density at radius 1 is 1.20 bits per heavy atom. The van der Waals surface area contributed by atoms with E-state index in [-0.39, 0.29) is 0 Å². The molecule has 0 radical (unpaired) electrons. The van der Waals surface area contributed by atoms with E-state index in [2.05, 4.69) is 63.4 Å². The molecule has 1 aliphatic rings. The molecule has 2 rings (SSSR count). The van der Waals surface area contributed by atoms with Gasteiger partial charge < -0.3 is 20.4 Å². The second-order valence-electron chi connectivity index (χ2n) is 6.80. The third kappa shape index (κ3) is 6.20. The molecule has 0 atom stereocenters. The minimum absolute atomic E-state index is 0.698. The summed E-state index contributed by atoms with van der Waals surface area (Å²) >= 11 is 0. The van der Waals surface area contributed by atoms with E-state index >= 15 is 0 Å². The molecule has 6 heteroatoms. The molecule has 0 spiro atoms. The van der Waals surface area contributed by atoms with Gasteiger partial charge in [-0.2, -0.15) is 0 Å². The first-order valence-electron chi connectivity index (χ1n) is 9.49. The van der Waals surface area contributed by atoms with Crippen LogP contribution in [0.5, 0.6) is 0 Å². The highest BCUT2D eigenvalue weighted by atomic mass is 15.3. The molecule has 1 saturated heterocycles. The Morgan fingerprint density at radius 3 is 2.56 bits per heavy atom. The van der Waals surface area contributed by atoms with Gasteiger partial charge in [0.1, 0.15) is 5.82 Å². The van der Waals surface area contributed by atoms with Crippen molar-refractivity contribution in [1.82, 2.24) is 20.5 Å². The summed E-state index contributed by atoms with van der Waals surface area (Å²) in [7, 11) is 4.00. The first kappa shape index (κ1) is 19.5. The maximum absolute atomic E-state index is 4.55. The van der Waals surface area contributed by atoms with Crippen LogP contribution in [-0.4, -0.2) is 62.7 Å². The Hall–Kier alpha value is -1.82. The van der Waals surface area contributed by atoms with E-state index in [1.165, 1.54) is 18.4 Å². The summed E-state index contributed by atoms with van der Waals surface area (Å²) in [6.07, 6.45) is 4.30. The van der Waals surface area contributed by atoms with Gasteiger partial charge in [0.25, 0.3) is 0 Å². The Kier molecular flexibility index (Phi) is 7.98. The fourth-order valence-electron chi connectivity index (χ4n) is 3.00. The van der Waals surface area contributed by atoms with Crippen LogP contribution in [0.15, 0.2) is 23.3 Å². The quantitative estimate of drug-likeness (QED) is 0.584. The maximum atomic E-state index is 4.55. The second kappa shape index (κ2) is 10.2. The SMILES string of the molecule is CCC(CC)CNC(=NC)NCc1ccnc(N2CCN(C)CC2)c1. The van der Waals surface area contributed by atoms with Crippen LogP contribution in [0.25, 0.3) is 0 Å². The van der Waals surface area contributed by atoms with Crippen LogP contribution in [0.4, 0.5) is 5.82 Å². The van der Waals surface area contributed by atoms with Gasteiger partial charge in [-0.3, -0.25) is 4.99 Å². The number of nitrogens with zero attached hydrogens (tertiary/aromatic N) is 4. The molecule has 1 aromatic heterocycles. The molecular formula is C19H34N6. The molecule has 0 aromatic carbocycles. The minimum atomic E-state index is 0.698. The van der Waals surface area contributed by atoms with E-state index in [1.807, 2.05) is 13.2 Å². The van der Waals surface area contributed by atoms with E-state index < -0.39 is 0 Å². The number of nitrogens with one attached hydrogen (secondary N) is 2. The van der Waals surface area contributed by atoms with Crippen LogP contribution in [0.3, 0.4) is 0 Å². The van der Waals surface area contributed by atoms with Crippen molar-refractivity contribution < 1.29 is 0 Å². The molecule has 2 N–H and O–H groups in total. The predicted molar refractivity (Wildman–Crippen MR) is 106 cm³/mol. The first-order chi connectivity index (χ1) is 12.2. The van der Waals surface area contributed by atoms with Crippen molar-refractivity contribution >= 4 is 11.8 Å². The highest BCUT2D eigenvalue weighted by Crippen LogP contribution is 2.14. The van der Waals surface area contributed by atoms with Gasteiger partial charge in [0.15, 0.2) is 5.96 Å². The number of pyridine rings is 1. The lowest BCUT2D eigenvalue weighted by Gasteiger charge is -2.33. The summed E-state index contributed by atoms with van der Waals surface area (Å²) in [4.78, 5) is 13.6. The smallest absolute Gasteiger partial charge is 0.191 e. The Bertz CT molecular complexity index is 532. The van der Waals surface area contributed by atoms with E-state index in [4.69, 9.17) is 0 Å². The van der Waals surface area contributed by atoms with Crippen LogP contribution < -0.4 is 15.5 Å². The third-order valence-corrected chi connectivity index (χ3v) is 5.03. The molecule has 0 amide bonds. The zero-order valence-electron chi connectivity index (χ0n) is 16.3. The fourth-order valence-corrected chi connectivity index (χ4v) is 3.00. The van der Waals surface area contributed by atoms with Crippen LogP contribution >= 0.6 is 0 Å². The summed E-state index contributed by atoms with van der Waals surface area (Å²) in [6.45, 7) is 10.5. The highest BCUT2D eigenvalue weighted by Gasteiger charge is 2.15. The van der Waals surface area contributed by atoms with Crippen molar-refractivity contribution in [3.63, 3.8) is 0 Å². The van der Waals surface area contributed by atoms with Gasteiger partial charge in [0, 0.05) is 52.5 Å². The monoisotopic (exact) mass is 346 g/mol. The van der Waals surface area contributed by atoms with Gasteiger partial charge in [0.2, 0.25) is 0 Å². The normalized spacial score (nSPS) is 16.4. The molecule has 6 nitrogen and oxygen atoms in total. The molecule has 2 heterocycles. The van der Waals surface area contributed by atoms with Gasteiger partial charge in [-0.1, -0.05) is 26.7 Å². The molecule has 0 unspecified atom stereocenters. The van der Waals surface area contributed by atoms with Crippen molar-refractivity contribution in [3.8, 4) is 0 Å². The zero-order valence-corrected chi connectivity index (χ0v) is 16.3. The molecule has 140 valence electrons. The van der Waals surface area contributed by atoms with Crippen molar-refractivity contribution in [1.29, 1.82) is 0 Å². The number of hydrogen-bond acceptors (Lipinski definition) is 4. The first-order valence-corrected chi connectivity index (χ1v) is 9.49. The minimum Gasteiger partial charge on any atom is -0.356 e. The number of aliphatic imine (C=N–C) groups is 1. The van der Waals surface area contributed by atoms with Crippen LogP contribution in [-0.2, 0) is 6.54 Å². The third-order valence-electron chi connectivity index (χ3n) is 5.03. The Morgan fingerprint density at radius 2 is 1.92 bits per heavy atom. The lowest BCUT2D eigenvalue weighted by atomic mass is 10.0. The number of hydrogen-bond donors (Lipinski definition) is 2. The van der Waals surface area contributed by atoms with Gasteiger partial charge in [-0.25, -0.2) is 4.98 Å². The lowest BCUT2D eigenvalue weighted by molar-refractivity contribution is 0.312. The maximum Gasteiger partial charge on any atom is 0.191 e. The zero-order chi connectivity index (χ0) is 18.1. The number of anilines is 1. The highest BCUT2D eigenvalue weighted by molar-refractivity contribution is 5.79. The molecule has 0 saturated carbocycles. The van der Waals surface area contributed by atoms with Gasteiger partial charge in [0.05, 0.1) is 0 Å². The second-order valence-corrected chi connectivity index (χ2v) is 6.80. The average Bonchev–Trinajstić information content (AvgIpc) is 2.65. The average molecular weight is 347 g/mol. The fraction of sp³-hybridized carbons (Fsp3) is 0.684. The summed E-state index contributed by atoms with van der Waals surface area (Å²) in [5.41, 5.74) is 1.23. The molecule has 0 bridgehead atoms. The van der Waals surface area contributed by atoms with Gasteiger partial charge in [-0.15, -0.1) is 0 Å². The van der Waals surface area contributed by atoms with E-state index in [0.29, 0.717) is 5.92 Å². The summed E-state index contributed by atoms with van der Waals surface area (Å²) in [5, 5.41) is 6.84. The van der Waals surface area contributed by atoms with Crippen molar-refractivity contribution in [2.45, 2.75) is 33.2 Å². The van der Waals surface area contributed by atoms with Crippen molar-refractivity contribution in [2.24, 2.45) is 10.9 Å². The van der Waals surface area contributed by atoms with Crippen molar-refractivity contribution in [3.05, 3.63) is 23.9 Å². The number of rotatable bonds is 7. The molecular weight excluding hydrogens is 312 g/mol. The summed E-state index contributed by atoms with van der Waals surface area (Å²) in [5.74, 6) is 2.64. The lowest BCUT2D eigenvalue weighted by Crippen LogP contribution is -2.44. The Labute approximate surface area is 152 Å². The molecule has 1 aromatic rings. The number of likely N-dealkylation sites (N-methyl/N-ethyl adjacent to an activating group) is 1. The molecule has 1 aliphatic heterocycles. The van der Waals surface area contributed by atoms with Crippen LogP contribution in [0.2, 0.25) is 0 Å². The topological polar surface area (TPSA) is 55.8 Å². The standard InChI is InChI=1S/C19H34N6/c1-5-16(6-2)14-22-19(20-3)23-15-17-7-8-21-18(13-17)25-11-9-24(4)10-12-25/h7-8,13,16H,5-6,9-12,14-15H2,1-4H3,(H2,20,22,23). The Balaban J connectivity index is 1.86. The number of piperazine rings is 1. The number of guanidine groups is 1. The van der Waals surface area contributed by atoms with Gasteiger partial charge >= 0.3 is 0 Å². The molecule has 25 heavy (non-hydrogen) atoms. The largest absolute Gasteiger partial charge is 0.356 e. The predicted octanol–water partition coefficient (Wildman–Crippen LogP) is 1.93. The van der Waals surface area contributed by atoms with Crippen molar-refractivity contribution in [2.75, 3.05) is 51.7 Å². The molecule has 1 fully saturated rings. The van der Waals surface area contributed by atoms with E-state index in [0.717, 1.165) is 51.0 Å². The number of aromatic nitrogens is 1. The van der Waals surface area contributed by atoms with Crippen LogP contribution in [0.1, 0.15) is 32.3 Å². The van der Waals surface area contributed by atoms with Crippen LogP contribution in [0, 0.1) is 5.92 Å². The van der Waals surface area contributed by atoms with E-state index in [9.17, 15) is 0 Å². The summed E-state index contributed by atoms with van der Waals surface area (Å²) in [6, 6.07) is 4.26. The van der Waals surface area contributed by atoms with Gasteiger partial charge in [-0.05, 0) is 30.7 Å². The van der Waals surface area contributed by atoms with E-state index in [1.54, 1.807) is 0 Å². The summed E-state index contributed by atoms with van der Waals surface area (Å²) < 4.78 is 0.